The highest BCUT2D eigenvalue weighted by atomic mass is 79.9. The lowest BCUT2D eigenvalue weighted by atomic mass is 10.4. The maximum atomic E-state index is 10.6. The Labute approximate surface area is 83.5 Å². The van der Waals surface area contributed by atoms with Crippen molar-refractivity contribution in [3.05, 3.63) is 27.1 Å². The normalized spacial score (nSPS) is 13.0. The minimum Gasteiger partial charge on any atom is -0.768 e. The van der Waals surface area contributed by atoms with Gasteiger partial charge < -0.3 is 4.55 Å². The highest BCUT2D eigenvalue weighted by Gasteiger charge is 2.03. The molecule has 0 aliphatic carbocycles. The summed E-state index contributed by atoms with van der Waals surface area (Å²) in [5.74, 6) is 0. The third-order valence-corrected chi connectivity index (χ3v) is 3.71. The molecule has 1 rings (SSSR count). The van der Waals surface area contributed by atoms with Crippen LogP contribution in [0, 0.1) is 0 Å². The molecular weight excluding hydrogens is 296 g/mol. The van der Waals surface area contributed by atoms with Crippen molar-refractivity contribution >= 4 is 42.9 Å². The van der Waals surface area contributed by atoms with Crippen LogP contribution < -0.4 is 0 Å². The van der Waals surface area contributed by atoms with Crippen LogP contribution in [0.15, 0.2) is 32.0 Å². The van der Waals surface area contributed by atoms with E-state index in [0.717, 1.165) is 0 Å². The van der Waals surface area contributed by atoms with Crippen LogP contribution in [0.25, 0.3) is 0 Å². The molecule has 0 N–H and O–H groups in total. The molecule has 0 saturated heterocycles. The molecule has 0 spiro atoms. The van der Waals surface area contributed by atoms with Gasteiger partial charge in [0.1, 0.15) is 0 Å². The van der Waals surface area contributed by atoms with Gasteiger partial charge in [0.05, 0.1) is 4.90 Å². The van der Waals surface area contributed by atoms with Crippen LogP contribution in [0.5, 0.6) is 0 Å². The fraction of sp³-hybridized carbons (Fsp3) is 0. The van der Waals surface area contributed by atoms with Crippen molar-refractivity contribution in [3.8, 4) is 0 Å². The molecule has 0 aromatic heterocycles. The first-order valence-corrected chi connectivity index (χ1v) is 5.32. The van der Waals surface area contributed by atoms with Gasteiger partial charge in [-0.05, 0) is 55.1 Å². The third-order valence-electron chi connectivity index (χ3n) is 1.09. The molecule has 1 atom stereocenters. The minimum absolute atomic E-state index is 0.257. The summed E-state index contributed by atoms with van der Waals surface area (Å²) in [6.07, 6.45) is 0. The van der Waals surface area contributed by atoms with Crippen molar-refractivity contribution in [2.45, 2.75) is 4.90 Å². The summed E-state index contributed by atoms with van der Waals surface area (Å²) in [6.45, 7) is 0. The lowest BCUT2D eigenvalue weighted by Gasteiger charge is -2.08. The Morgan fingerprint density at radius 3 is 2.00 bits per heavy atom. The van der Waals surface area contributed by atoms with E-state index >= 15 is 0 Å². The van der Waals surface area contributed by atoms with Gasteiger partial charge in [0.25, 0.3) is 0 Å². The summed E-state index contributed by atoms with van der Waals surface area (Å²) >= 11 is 4.05. The number of benzene rings is 1. The summed E-state index contributed by atoms with van der Waals surface area (Å²) in [4.78, 5) is 0.257. The van der Waals surface area contributed by atoms with E-state index in [2.05, 4.69) is 31.9 Å². The van der Waals surface area contributed by atoms with E-state index < -0.39 is 11.1 Å². The zero-order valence-corrected chi connectivity index (χ0v) is 9.20. The third kappa shape index (κ3) is 2.11. The summed E-state index contributed by atoms with van der Waals surface area (Å²) in [5.41, 5.74) is 0. The van der Waals surface area contributed by atoms with E-state index in [1.165, 1.54) is 0 Å². The van der Waals surface area contributed by atoms with Gasteiger partial charge in [0, 0.05) is 8.95 Å². The number of rotatable bonds is 1. The van der Waals surface area contributed by atoms with Crippen molar-refractivity contribution in [1.82, 2.24) is 0 Å². The van der Waals surface area contributed by atoms with Crippen LogP contribution in [0.3, 0.4) is 0 Å². The Morgan fingerprint density at radius 2 is 1.73 bits per heavy atom. The van der Waals surface area contributed by atoms with Crippen LogP contribution in [0.2, 0.25) is 0 Å². The summed E-state index contributed by atoms with van der Waals surface area (Å²) < 4.78 is 22.3. The van der Waals surface area contributed by atoms with Crippen LogP contribution in [0.4, 0.5) is 0 Å². The van der Waals surface area contributed by atoms with E-state index in [0.29, 0.717) is 8.95 Å². The predicted molar refractivity (Wildman–Crippen MR) is 49.0 cm³/mol. The Morgan fingerprint density at radius 1 is 1.27 bits per heavy atom. The fourth-order valence-electron chi connectivity index (χ4n) is 0.642. The number of hydrogen-bond acceptors (Lipinski definition) is 2. The molecule has 0 bridgehead atoms. The Hall–Kier alpha value is 0.290. The zero-order chi connectivity index (χ0) is 8.43. The molecule has 0 heterocycles. The Bertz CT molecular complexity index is 280. The monoisotopic (exact) mass is 297 g/mol. The molecule has 1 unspecified atom stereocenters. The average Bonchev–Trinajstić information content (AvgIpc) is 1.85. The Kier molecular flexibility index (Phi) is 3.24. The first-order chi connectivity index (χ1) is 5.13. The van der Waals surface area contributed by atoms with Crippen LogP contribution in [-0.4, -0.2) is 8.76 Å². The lowest BCUT2D eigenvalue weighted by molar-refractivity contribution is 0.536. The smallest absolute Gasteiger partial charge is 0.0532 e. The molecule has 0 fully saturated rings. The second-order valence-corrected chi connectivity index (χ2v) is 4.37. The topological polar surface area (TPSA) is 40.1 Å². The number of halogens is 2. The van der Waals surface area contributed by atoms with E-state index in [1.54, 1.807) is 18.2 Å². The van der Waals surface area contributed by atoms with Crippen LogP contribution in [0.1, 0.15) is 0 Å². The van der Waals surface area contributed by atoms with Gasteiger partial charge in [0.2, 0.25) is 0 Å². The van der Waals surface area contributed by atoms with Gasteiger partial charge in [-0.1, -0.05) is 6.07 Å². The Balaban J connectivity index is 3.32. The second kappa shape index (κ2) is 3.80. The van der Waals surface area contributed by atoms with Crippen LogP contribution in [-0.2, 0) is 11.1 Å². The number of hydrogen-bond donors (Lipinski definition) is 0. The van der Waals surface area contributed by atoms with Gasteiger partial charge in [-0.3, -0.25) is 4.21 Å². The molecule has 2 nitrogen and oxygen atoms in total. The van der Waals surface area contributed by atoms with E-state index in [9.17, 15) is 8.76 Å². The molecule has 0 aliphatic rings. The highest BCUT2D eigenvalue weighted by Crippen LogP contribution is 2.27. The van der Waals surface area contributed by atoms with Gasteiger partial charge in [-0.25, -0.2) is 0 Å². The van der Waals surface area contributed by atoms with Crippen molar-refractivity contribution in [3.63, 3.8) is 0 Å². The van der Waals surface area contributed by atoms with Gasteiger partial charge in [-0.15, -0.1) is 0 Å². The van der Waals surface area contributed by atoms with E-state index in [-0.39, 0.29) is 4.90 Å². The standard InChI is InChI=1S/C6H4Br2O2S/c7-4-2-1-3-5(8)6(4)11(9)10/h1-3H,(H,9,10)/p-1. The molecule has 0 amide bonds. The van der Waals surface area contributed by atoms with Crippen LogP contribution >= 0.6 is 31.9 Å². The summed E-state index contributed by atoms with van der Waals surface area (Å²) in [5, 5.41) is 0. The maximum Gasteiger partial charge on any atom is 0.0532 e. The second-order valence-electron chi connectivity index (χ2n) is 1.79. The molecule has 5 heteroatoms. The lowest BCUT2D eigenvalue weighted by Crippen LogP contribution is -1.91. The molecule has 0 radical (unpaired) electrons. The first kappa shape index (κ1) is 9.38. The fourth-order valence-corrected chi connectivity index (χ4v) is 2.89. The van der Waals surface area contributed by atoms with Crippen molar-refractivity contribution in [1.29, 1.82) is 0 Å². The molecule has 1 aromatic carbocycles. The van der Waals surface area contributed by atoms with E-state index in [4.69, 9.17) is 0 Å². The van der Waals surface area contributed by atoms with Crippen molar-refractivity contribution in [2.75, 3.05) is 0 Å². The van der Waals surface area contributed by atoms with Crippen molar-refractivity contribution in [2.24, 2.45) is 0 Å². The molecule has 60 valence electrons. The average molecular weight is 299 g/mol. The molecule has 0 saturated carbocycles. The predicted octanol–water partition coefficient (Wildman–Crippen LogP) is 2.45. The maximum absolute atomic E-state index is 10.6. The molecule has 1 aromatic rings. The van der Waals surface area contributed by atoms with Gasteiger partial charge >= 0.3 is 0 Å². The molecule has 11 heavy (non-hydrogen) atoms. The van der Waals surface area contributed by atoms with Crippen molar-refractivity contribution < 1.29 is 8.76 Å². The zero-order valence-electron chi connectivity index (χ0n) is 5.21. The molecule has 0 aliphatic heterocycles. The highest BCUT2D eigenvalue weighted by molar-refractivity contribution is 9.11. The first-order valence-electron chi connectivity index (χ1n) is 2.66. The SMILES string of the molecule is O=S([O-])c1c(Br)cccc1Br. The van der Waals surface area contributed by atoms with E-state index in [1.807, 2.05) is 0 Å². The summed E-state index contributed by atoms with van der Waals surface area (Å²) in [7, 11) is 0. The summed E-state index contributed by atoms with van der Waals surface area (Å²) in [6, 6.07) is 5.11. The molecular formula is C6H3Br2O2S-. The quantitative estimate of drug-likeness (QED) is 0.747. The van der Waals surface area contributed by atoms with Gasteiger partial charge in [-0.2, -0.15) is 0 Å². The largest absolute Gasteiger partial charge is 0.768 e. The minimum atomic E-state index is -2.20. The van der Waals surface area contributed by atoms with Gasteiger partial charge in [0.15, 0.2) is 0 Å².